The van der Waals surface area contributed by atoms with Crippen molar-refractivity contribution in [1.82, 2.24) is 9.88 Å². The van der Waals surface area contributed by atoms with Gasteiger partial charge in [-0.05, 0) is 43.4 Å². The fraction of sp³-hybridized carbons (Fsp3) is 0.474. The predicted molar refractivity (Wildman–Crippen MR) is 95.6 cm³/mol. The molecule has 3 rings (SSSR count). The summed E-state index contributed by atoms with van der Waals surface area (Å²) in [4.78, 5) is 29.4. The van der Waals surface area contributed by atoms with Crippen LogP contribution in [0.1, 0.15) is 24.0 Å². The average Bonchev–Trinajstić information content (AvgIpc) is 3.08. The number of rotatable bonds is 6. The van der Waals surface area contributed by atoms with Crippen LogP contribution in [0.5, 0.6) is 0 Å². The van der Waals surface area contributed by atoms with Gasteiger partial charge < -0.3 is 19.4 Å². The Morgan fingerprint density at radius 1 is 1.40 bits per heavy atom. The molecule has 0 saturated carbocycles. The number of aromatic nitrogens is 1. The summed E-state index contributed by atoms with van der Waals surface area (Å²) >= 11 is 0. The first-order valence-corrected chi connectivity index (χ1v) is 8.57. The maximum absolute atomic E-state index is 12.4. The number of carbonyl (C=O) groups excluding carboxylic acids is 1. The number of fused-ring (bicyclic) bond motifs is 1. The van der Waals surface area contributed by atoms with E-state index in [-0.39, 0.29) is 30.7 Å². The molecule has 0 unspecified atom stereocenters. The second-order valence-electron chi connectivity index (χ2n) is 6.56. The molecular formula is C19H24N2O4. The van der Waals surface area contributed by atoms with Crippen molar-refractivity contribution in [2.75, 3.05) is 26.9 Å². The zero-order valence-corrected chi connectivity index (χ0v) is 14.7. The first kappa shape index (κ1) is 17.6. The van der Waals surface area contributed by atoms with Crippen LogP contribution < -0.4 is 5.56 Å². The molecule has 6 heteroatoms. The number of carbonyl (C=O) groups is 1. The summed E-state index contributed by atoms with van der Waals surface area (Å²) in [6.45, 7) is 3.47. The summed E-state index contributed by atoms with van der Waals surface area (Å²) in [6.07, 6.45) is 1.97. The highest BCUT2D eigenvalue weighted by atomic mass is 16.5. The van der Waals surface area contributed by atoms with E-state index in [4.69, 9.17) is 9.47 Å². The number of pyridine rings is 1. The third kappa shape index (κ3) is 4.27. The fourth-order valence-electron chi connectivity index (χ4n) is 3.20. The van der Waals surface area contributed by atoms with Gasteiger partial charge in [0.1, 0.15) is 6.61 Å². The van der Waals surface area contributed by atoms with Crippen molar-refractivity contribution in [3.63, 3.8) is 0 Å². The molecule has 1 amide bonds. The fourth-order valence-corrected chi connectivity index (χ4v) is 3.20. The van der Waals surface area contributed by atoms with E-state index in [9.17, 15) is 9.59 Å². The van der Waals surface area contributed by atoms with Gasteiger partial charge in [0.2, 0.25) is 5.91 Å². The third-order valence-corrected chi connectivity index (χ3v) is 4.51. The molecule has 1 saturated heterocycles. The van der Waals surface area contributed by atoms with Crippen molar-refractivity contribution >= 4 is 16.8 Å². The first-order chi connectivity index (χ1) is 12.1. The number of nitrogens with one attached hydrogen (secondary N) is 1. The monoisotopic (exact) mass is 344 g/mol. The van der Waals surface area contributed by atoms with Crippen LogP contribution in [0.25, 0.3) is 10.9 Å². The third-order valence-electron chi connectivity index (χ3n) is 4.51. The van der Waals surface area contributed by atoms with E-state index in [2.05, 4.69) is 4.98 Å². The van der Waals surface area contributed by atoms with Gasteiger partial charge in [0.05, 0.1) is 12.6 Å². The molecule has 0 radical (unpaired) electrons. The van der Waals surface area contributed by atoms with Gasteiger partial charge in [-0.1, -0.05) is 11.6 Å². The van der Waals surface area contributed by atoms with Crippen molar-refractivity contribution in [3.8, 4) is 0 Å². The molecule has 1 aliphatic rings. The van der Waals surface area contributed by atoms with Crippen molar-refractivity contribution < 1.29 is 14.3 Å². The van der Waals surface area contributed by atoms with Gasteiger partial charge in [-0.2, -0.15) is 0 Å². The SMILES string of the molecule is COCC(=O)N(Cc1cc2cc(C)ccc2[nH]c1=O)C[C@H]1CCCO1. The van der Waals surface area contributed by atoms with Crippen LogP contribution in [0, 0.1) is 6.92 Å². The minimum atomic E-state index is -0.168. The van der Waals surface area contributed by atoms with Crippen molar-refractivity contribution in [1.29, 1.82) is 0 Å². The number of amides is 1. The molecule has 1 aromatic heterocycles. The highest BCUT2D eigenvalue weighted by molar-refractivity contribution is 5.80. The van der Waals surface area contributed by atoms with Crippen LogP contribution in [-0.4, -0.2) is 48.8 Å². The smallest absolute Gasteiger partial charge is 0.253 e. The van der Waals surface area contributed by atoms with Crippen molar-refractivity contribution in [3.05, 3.63) is 45.7 Å². The number of ether oxygens (including phenoxy) is 2. The van der Waals surface area contributed by atoms with E-state index in [0.29, 0.717) is 12.1 Å². The molecule has 2 aromatic rings. The summed E-state index contributed by atoms with van der Waals surface area (Å²) in [5.74, 6) is -0.137. The molecule has 1 N–H and O–H groups in total. The molecule has 0 spiro atoms. The predicted octanol–water partition coefficient (Wildman–Crippen LogP) is 1.99. The molecule has 1 fully saturated rings. The average molecular weight is 344 g/mol. The number of nitrogens with zero attached hydrogens (tertiary/aromatic N) is 1. The van der Waals surface area contributed by atoms with E-state index in [1.807, 2.05) is 31.2 Å². The summed E-state index contributed by atoms with van der Waals surface area (Å²) in [5.41, 5.74) is 2.32. The second-order valence-corrected chi connectivity index (χ2v) is 6.56. The number of aromatic amines is 1. The summed E-state index contributed by atoms with van der Waals surface area (Å²) in [6, 6.07) is 7.75. The molecule has 1 aromatic carbocycles. The van der Waals surface area contributed by atoms with Gasteiger partial charge in [0.15, 0.2) is 0 Å². The highest BCUT2D eigenvalue weighted by Gasteiger charge is 2.23. The van der Waals surface area contributed by atoms with E-state index in [1.165, 1.54) is 7.11 Å². The van der Waals surface area contributed by atoms with E-state index in [0.717, 1.165) is 35.9 Å². The van der Waals surface area contributed by atoms with Gasteiger partial charge in [-0.15, -0.1) is 0 Å². The largest absolute Gasteiger partial charge is 0.376 e. The first-order valence-electron chi connectivity index (χ1n) is 8.57. The number of hydrogen-bond acceptors (Lipinski definition) is 4. The number of benzene rings is 1. The van der Waals surface area contributed by atoms with Crippen molar-refractivity contribution in [2.24, 2.45) is 0 Å². The molecule has 1 aliphatic heterocycles. The number of methoxy groups -OCH3 is 1. The lowest BCUT2D eigenvalue weighted by Crippen LogP contribution is -2.40. The Hall–Kier alpha value is -2.18. The summed E-state index contributed by atoms with van der Waals surface area (Å²) < 4.78 is 10.6. The lowest BCUT2D eigenvalue weighted by atomic mass is 10.1. The van der Waals surface area contributed by atoms with Crippen LogP contribution in [-0.2, 0) is 20.8 Å². The molecule has 1 atom stereocenters. The zero-order valence-electron chi connectivity index (χ0n) is 14.7. The standard InChI is InChI=1S/C19H24N2O4/c1-13-5-6-17-14(8-13)9-15(19(23)20-17)10-21(18(22)12-24-2)11-16-4-3-7-25-16/h5-6,8-9,16H,3-4,7,10-12H2,1-2H3,(H,20,23)/t16-/m1/s1. The van der Waals surface area contributed by atoms with Crippen LogP contribution in [0.4, 0.5) is 0 Å². The van der Waals surface area contributed by atoms with Gasteiger partial charge in [0, 0.05) is 31.3 Å². The van der Waals surface area contributed by atoms with E-state index < -0.39 is 0 Å². The molecule has 0 bridgehead atoms. The lowest BCUT2D eigenvalue weighted by Gasteiger charge is -2.25. The molecule has 25 heavy (non-hydrogen) atoms. The van der Waals surface area contributed by atoms with Crippen LogP contribution in [0.3, 0.4) is 0 Å². The van der Waals surface area contributed by atoms with Gasteiger partial charge >= 0.3 is 0 Å². The maximum Gasteiger partial charge on any atom is 0.253 e. The summed E-state index contributed by atoms with van der Waals surface area (Å²) in [7, 11) is 1.49. The van der Waals surface area contributed by atoms with Gasteiger partial charge in [-0.3, -0.25) is 9.59 Å². The molecular weight excluding hydrogens is 320 g/mol. The van der Waals surface area contributed by atoms with E-state index in [1.54, 1.807) is 4.90 Å². The Balaban J connectivity index is 1.86. The normalized spacial score (nSPS) is 17.1. The maximum atomic E-state index is 12.4. The zero-order chi connectivity index (χ0) is 17.8. The van der Waals surface area contributed by atoms with Crippen LogP contribution in [0.2, 0.25) is 0 Å². The topological polar surface area (TPSA) is 71.6 Å². The Kier molecular flexibility index (Phi) is 5.50. The van der Waals surface area contributed by atoms with Gasteiger partial charge in [-0.25, -0.2) is 0 Å². The molecule has 2 heterocycles. The minimum absolute atomic E-state index is 0.00266. The second kappa shape index (κ2) is 7.80. The molecule has 134 valence electrons. The number of hydrogen-bond donors (Lipinski definition) is 1. The van der Waals surface area contributed by atoms with Crippen molar-refractivity contribution in [2.45, 2.75) is 32.4 Å². The van der Waals surface area contributed by atoms with Gasteiger partial charge in [0.25, 0.3) is 5.56 Å². The highest BCUT2D eigenvalue weighted by Crippen LogP contribution is 2.17. The summed E-state index contributed by atoms with van der Waals surface area (Å²) in [5, 5.41) is 0.964. The lowest BCUT2D eigenvalue weighted by molar-refractivity contribution is -0.137. The van der Waals surface area contributed by atoms with Crippen LogP contribution in [0.15, 0.2) is 29.1 Å². The van der Waals surface area contributed by atoms with E-state index >= 15 is 0 Å². The minimum Gasteiger partial charge on any atom is -0.376 e. The molecule has 0 aliphatic carbocycles. The Labute approximate surface area is 146 Å². The Morgan fingerprint density at radius 2 is 2.24 bits per heavy atom. The molecule has 6 nitrogen and oxygen atoms in total. The number of H-pyrrole nitrogens is 1. The Morgan fingerprint density at radius 3 is 2.96 bits per heavy atom. The quantitative estimate of drug-likeness (QED) is 0.870. The number of aryl methyl sites for hydroxylation is 1. The Bertz CT molecular complexity index is 809. The van der Waals surface area contributed by atoms with Crippen LogP contribution >= 0.6 is 0 Å².